The van der Waals surface area contributed by atoms with Gasteiger partial charge in [-0.1, -0.05) is 23.7 Å². The molecular formula is C14H15ClO3. The Labute approximate surface area is 111 Å². The normalized spacial score (nSPS) is 18.7. The molecule has 0 bridgehead atoms. The van der Waals surface area contributed by atoms with Crippen LogP contribution in [-0.2, 0) is 14.3 Å². The highest BCUT2D eigenvalue weighted by Crippen LogP contribution is 2.36. The molecule has 1 aliphatic heterocycles. The summed E-state index contributed by atoms with van der Waals surface area (Å²) in [6.45, 7) is 3.96. The Kier molecular flexibility index (Phi) is 3.92. The third-order valence-electron chi connectivity index (χ3n) is 2.90. The Hall–Kier alpha value is -1.48. The molecule has 1 unspecified atom stereocenters. The maximum Gasteiger partial charge on any atom is 0.337 e. The van der Waals surface area contributed by atoms with Gasteiger partial charge in [-0.25, -0.2) is 4.79 Å². The van der Waals surface area contributed by atoms with Crippen molar-refractivity contribution in [2.24, 2.45) is 0 Å². The second-order valence-electron chi connectivity index (χ2n) is 4.12. The fraction of sp³-hybridized carbons (Fsp3) is 0.357. The van der Waals surface area contributed by atoms with Crippen molar-refractivity contribution >= 4 is 17.6 Å². The van der Waals surface area contributed by atoms with Crippen molar-refractivity contribution in [3.8, 4) is 0 Å². The molecule has 1 aliphatic rings. The smallest absolute Gasteiger partial charge is 0.337 e. The van der Waals surface area contributed by atoms with Crippen LogP contribution in [0.25, 0.3) is 0 Å². The van der Waals surface area contributed by atoms with Gasteiger partial charge >= 0.3 is 5.97 Å². The summed E-state index contributed by atoms with van der Waals surface area (Å²) in [4.78, 5) is 11.7. The first-order valence-corrected chi connectivity index (χ1v) is 6.28. The number of allylic oxidation sites excluding steroid dienone is 1. The van der Waals surface area contributed by atoms with Gasteiger partial charge in [0, 0.05) is 11.4 Å². The van der Waals surface area contributed by atoms with Crippen LogP contribution in [0.4, 0.5) is 0 Å². The summed E-state index contributed by atoms with van der Waals surface area (Å²) < 4.78 is 10.7. The zero-order chi connectivity index (χ0) is 13.1. The van der Waals surface area contributed by atoms with Gasteiger partial charge in [-0.2, -0.15) is 0 Å². The molecule has 18 heavy (non-hydrogen) atoms. The van der Waals surface area contributed by atoms with Crippen molar-refractivity contribution in [3.05, 3.63) is 46.2 Å². The molecule has 1 aromatic carbocycles. The summed E-state index contributed by atoms with van der Waals surface area (Å²) in [5, 5.41) is 0.687. The minimum absolute atomic E-state index is 0.123. The molecule has 0 saturated heterocycles. The maximum atomic E-state index is 11.7. The number of hydrogen-bond donors (Lipinski definition) is 0. The summed E-state index contributed by atoms with van der Waals surface area (Å²) in [6.07, 6.45) is 0.424. The predicted molar refractivity (Wildman–Crippen MR) is 69.2 cm³/mol. The van der Waals surface area contributed by atoms with Crippen LogP contribution in [0, 0.1) is 0 Å². The molecule has 1 aromatic rings. The Morgan fingerprint density at radius 1 is 1.44 bits per heavy atom. The standard InChI is InChI=1S/C14H15ClO3/c1-3-17-14(16)12-8-13(18-9(12)2)10-4-6-11(15)7-5-10/h4-7,13H,3,8H2,1-2H3. The second kappa shape index (κ2) is 5.44. The summed E-state index contributed by atoms with van der Waals surface area (Å²) in [5.41, 5.74) is 1.63. The molecule has 1 atom stereocenters. The van der Waals surface area contributed by atoms with E-state index in [1.165, 1.54) is 0 Å². The number of carbonyl (C=O) groups is 1. The third kappa shape index (κ3) is 2.67. The van der Waals surface area contributed by atoms with E-state index in [1.54, 1.807) is 13.8 Å². The van der Waals surface area contributed by atoms with E-state index in [0.29, 0.717) is 29.4 Å². The van der Waals surface area contributed by atoms with E-state index < -0.39 is 0 Å². The van der Waals surface area contributed by atoms with Crippen molar-refractivity contribution in [3.63, 3.8) is 0 Å². The number of halogens is 1. The number of carbonyl (C=O) groups excluding carboxylic acids is 1. The number of esters is 1. The molecule has 0 N–H and O–H groups in total. The van der Waals surface area contributed by atoms with Crippen LogP contribution in [0.3, 0.4) is 0 Å². The highest BCUT2D eigenvalue weighted by atomic mass is 35.5. The first-order valence-electron chi connectivity index (χ1n) is 5.90. The summed E-state index contributed by atoms with van der Waals surface area (Å²) in [5.74, 6) is 0.361. The second-order valence-corrected chi connectivity index (χ2v) is 4.55. The van der Waals surface area contributed by atoms with Gasteiger partial charge in [0.05, 0.1) is 12.2 Å². The zero-order valence-electron chi connectivity index (χ0n) is 10.4. The largest absolute Gasteiger partial charge is 0.489 e. The van der Waals surface area contributed by atoms with Crippen LogP contribution in [-0.4, -0.2) is 12.6 Å². The molecule has 0 fully saturated rings. The fourth-order valence-electron chi connectivity index (χ4n) is 1.96. The van der Waals surface area contributed by atoms with Crippen LogP contribution in [0.5, 0.6) is 0 Å². The fourth-order valence-corrected chi connectivity index (χ4v) is 2.09. The van der Waals surface area contributed by atoms with E-state index in [2.05, 4.69) is 0 Å². The van der Waals surface area contributed by atoms with E-state index in [9.17, 15) is 4.79 Å². The van der Waals surface area contributed by atoms with Gasteiger partial charge in [-0.05, 0) is 31.5 Å². The van der Waals surface area contributed by atoms with Crippen molar-refractivity contribution in [2.45, 2.75) is 26.4 Å². The Balaban J connectivity index is 2.10. The van der Waals surface area contributed by atoms with Crippen molar-refractivity contribution in [2.75, 3.05) is 6.61 Å². The molecule has 3 nitrogen and oxygen atoms in total. The predicted octanol–water partition coefficient (Wildman–Crippen LogP) is 3.64. The first kappa shape index (κ1) is 13.0. The number of benzene rings is 1. The minimum Gasteiger partial charge on any atom is -0.489 e. The lowest BCUT2D eigenvalue weighted by Gasteiger charge is -2.11. The van der Waals surface area contributed by atoms with Gasteiger partial charge in [-0.15, -0.1) is 0 Å². The van der Waals surface area contributed by atoms with Crippen LogP contribution >= 0.6 is 11.6 Å². The van der Waals surface area contributed by atoms with E-state index in [1.807, 2.05) is 24.3 Å². The summed E-state index contributed by atoms with van der Waals surface area (Å²) >= 11 is 5.84. The van der Waals surface area contributed by atoms with E-state index >= 15 is 0 Å². The van der Waals surface area contributed by atoms with Gasteiger partial charge in [0.2, 0.25) is 0 Å². The number of hydrogen-bond acceptors (Lipinski definition) is 3. The van der Waals surface area contributed by atoms with E-state index in [-0.39, 0.29) is 12.1 Å². The van der Waals surface area contributed by atoms with Crippen molar-refractivity contribution in [1.29, 1.82) is 0 Å². The van der Waals surface area contributed by atoms with E-state index in [4.69, 9.17) is 21.1 Å². The van der Waals surface area contributed by atoms with Crippen LogP contribution < -0.4 is 0 Å². The SMILES string of the molecule is CCOC(=O)C1=C(C)OC(c2ccc(Cl)cc2)C1. The van der Waals surface area contributed by atoms with E-state index in [0.717, 1.165) is 5.56 Å². The van der Waals surface area contributed by atoms with Crippen molar-refractivity contribution < 1.29 is 14.3 Å². The summed E-state index contributed by atoms with van der Waals surface area (Å²) in [7, 11) is 0. The molecule has 0 aliphatic carbocycles. The highest BCUT2D eigenvalue weighted by Gasteiger charge is 2.29. The lowest BCUT2D eigenvalue weighted by molar-refractivity contribution is -0.138. The van der Waals surface area contributed by atoms with Crippen LogP contribution in [0.2, 0.25) is 5.02 Å². The molecule has 0 saturated carbocycles. The Morgan fingerprint density at radius 3 is 2.72 bits per heavy atom. The molecule has 96 valence electrons. The van der Waals surface area contributed by atoms with Gasteiger partial charge in [-0.3, -0.25) is 0 Å². The zero-order valence-corrected chi connectivity index (χ0v) is 11.2. The molecule has 0 aromatic heterocycles. The monoisotopic (exact) mass is 266 g/mol. The molecule has 4 heteroatoms. The number of ether oxygens (including phenoxy) is 2. The highest BCUT2D eigenvalue weighted by molar-refractivity contribution is 6.30. The molecule has 0 amide bonds. The summed E-state index contributed by atoms with van der Waals surface area (Å²) in [6, 6.07) is 7.46. The Morgan fingerprint density at radius 2 is 2.11 bits per heavy atom. The van der Waals surface area contributed by atoms with Crippen LogP contribution in [0.15, 0.2) is 35.6 Å². The Bertz CT molecular complexity index is 476. The molecule has 0 radical (unpaired) electrons. The van der Waals surface area contributed by atoms with Gasteiger partial charge in [0.25, 0.3) is 0 Å². The average molecular weight is 267 g/mol. The molecular weight excluding hydrogens is 252 g/mol. The van der Waals surface area contributed by atoms with Crippen LogP contribution in [0.1, 0.15) is 31.9 Å². The van der Waals surface area contributed by atoms with Gasteiger partial charge in [0.1, 0.15) is 11.9 Å². The lowest BCUT2D eigenvalue weighted by Crippen LogP contribution is -2.07. The quantitative estimate of drug-likeness (QED) is 0.784. The maximum absolute atomic E-state index is 11.7. The topological polar surface area (TPSA) is 35.5 Å². The molecule has 1 heterocycles. The van der Waals surface area contributed by atoms with Crippen molar-refractivity contribution in [1.82, 2.24) is 0 Å². The first-order chi connectivity index (χ1) is 8.61. The van der Waals surface area contributed by atoms with Gasteiger partial charge in [0.15, 0.2) is 0 Å². The average Bonchev–Trinajstić information content (AvgIpc) is 2.72. The third-order valence-corrected chi connectivity index (χ3v) is 3.15. The molecule has 2 rings (SSSR count). The molecule has 0 spiro atoms. The van der Waals surface area contributed by atoms with Gasteiger partial charge < -0.3 is 9.47 Å². The minimum atomic E-state index is -0.286. The lowest BCUT2D eigenvalue weighted by atomic mass is 10.0. The number of rotatable bonds is 3.